The number of guanidine groups is 1. The van der Waals surface area contributed by atoms with Gasteiger partial charge in [-0.25, -0.2) is 4.98 Å². The van der Waals surface area contributed by atoms with Gasteiger partial charge in [0, 0.05) is 59.2 Å². The minimum Gasteiger partial charge on any atom is -0.379 e. The van der Waals surface area contributed by atoms with Crippen molar-refractivity contribution >= 4 is 29.9 Å². The number of hydrogen-bond acceptors (Lipinski definition) is 3. The first-order valence-electron chi connectivity index (χ1n) is 9.79. The van der Waals surface area contributed by atoms with Gasteiger partial charge in [-0.05, 0) is 24.3 Å². The van der Waals surface area contributed by atoms with Crippen LogP contribution in [0.15, 0.2) is 47.7 Å². The van der Waals surface area contributed by atoms with Crippen molar-refractivity contribution in [2.24, 2.45) is 10.9 Å². The molecular weight excluding hydrogens is 465 g/mol. The molecule has 0 unspecified atom stereocenters. The fraction of sp³-hybridized carbons (Fsp3) is 0.524. The summed E-state index contributed by atoms with van der Waals surface area (Å²) in [5.74, 6) is 2.79. The lowest BCUT2D eigenvalue weighted by atomic mass is 10.2. The summed E-state index contributed by atoms with van der Waals surface area (Å²) in [6.45, 7) is 4.14. The monoisotopic (exact) mass is 497 g/mol. The lowest BCUT2D eigenvalue weighted by molar-refractivity contribution is 0.115. The van der Waals surface area contributed by atoms with Crippen molar-refractivity contribution < 1.29 is 4.74 Å². The summed E-state index contributed by atoms with van der Waals surface area (Å²) in [6, 6.07) is 10.5. The third-order valence-corrected chi connectivity index (χ3v) is 4.82. The summed E-state index contributed by atoms with van der Waals surface area (Å²) >= 11 is 0. The average Bonchev–Trinajstić information content (AvgIpc) is 3.42. The molecule has 28 heavy (non-hydrogen) atoms. The van der Waals surface area contributed by atoms with Gasteiger partial charge < -0.3 is 19.5 Å². The van der Waals surface area contributed by atoms with Gasteiger partial charge in [0.2, 0.25) is 0 Å². The van der Waals surface area contributed by atoms with Crippen LogP contribution < -0.4 is 5.32 Å². The third-order valence-electron chi connectivity index (χ3n) is 4.82. The molecule has 0 atom stereocenters. The van der Waals surface area contributed by atoms with Gasteiger partial charge in [0.1, 0.15) is 5.82 Å². The summed E-state index contributed by atoms with van der Waals surface area (Å²) in [7, 11) is 3.87. The van der Waals surface area contributed by atoms with E-state index in [1.807, 2.05) is 32.6 Å². The molecule has 0 spiro atoms. The van der Waals surface area contributed by atoms with Crippen molar-refractivity contribution in [2.45, 2.75) is 25.8 Å². The Balaban J connectivity index is 0.00000280. The van der Waals surface area contributed by atoms with Crippen LogP contribution in [0.25, 0.3) is 0 Å². The van der Waals surface area contributed by atoms with E-state index in [-0.39, 0.29) is 24.0 Å². The maximum absolute atomic E-state index is 5.72. The van der Waals surface area contributed by atoms with Crippen molar-refractivity contribution in [1.29, 1.82) is 0 Å². The lowest BCUT2D eigenvalue weighted by Crippen LogP contribution is -2.41. The van der Waals surface area contributed by atoms with Crippen molar-refractivity contribution in [3.63, 3.8) is 0 Å². The zero-order valence-corrected chi connectivity index (χ0v) is 19.2. The Morgan fingerprint density at radius 3 is 2.82 bits per heavy atom. The molecule has 1 N–H and O–H groups in total. The Bertz CT molecular complexity index is 715. The Labute approximate surface area is 185 Å². The van der Waals surface area contributed by atoms with Crippen LogP contribution in [-0.2, 0) is 17.7 Å². The number of aliphatic imine (C=N–C) groups is 1. The molecule has 1 heterocycles. The molecule has 6 nitrogen and oxygen atoms in total. The third kappa shape index (κ3) is 7.43. The second-order valence-electron chi connectivity index (χ2n) is 7.12. The van der Waals surface area contributed by atoms with Crippen molar-refractivity contribution in [3.05, 3.63) is 54.1 Å². The zero-order chi connectivity index (χ0) is 18.9. The summed E-state index contributed by atoms with van der Waals surface area (Å²) in [4.78, 5) is 11.0. The van der Waals surface area contributed by atoms with Gasteiger partial charge in [0.15, 0.2) is 5.96 Å². The van der Waals surface area contributed by atoms with Crippen LogP contribution in [0.3, 0.4) is 0 Å². The molecule has 154 valence electrons. The smallest absolute Gasteiger partial charge is 0.193 e. The molecule has 0 amide bonds. The number of imidazole rings is 1. The van der Waals surface area contributed by atoms with E-state index in [4.69, 9.17) is 4.74 Å². The summed E-state index contributed by atoms with van der Waals surface area (Å²) in [5, 5.41) is 3.43. The van der Waals surface area contributed by atoms with Gasteiger partial charge in [0.25, 0.3) is 0 Å². The highest BCUT2D eigenvalue weighted by Crippen LogP contribution is 2.28. The molecule has 1 aliphatic rings. The normalized spacial score (nSPS) is 13.9. The second kappa shape index (κ2) is 12.1. The van der Waals surface area contributed by atoms with E-state index >= 15 is 0 Å². The van der Waals surface area contributed by atoms with E-state index < -0.39 is 0 Å². The van der Waals surface area contributed by atoms with Crippen molar-refractivity contribution in [1.82, 2.24) is 19.8 Å². The highest BCUT2D eigenvalue weighted by Gasteiger charge is 2.21. The molecule has 1 aliphatic carbocycles. The summed E-state index contributed by atoms with van der Waals surface area (Å²) < 4.78 is 7.92. The standard InChI is InChI=1S/C21H31N5O.HI/c1-22-21(25(2)14-15-27-17-19-8-9-19)24-11-10-20-23-12-13-26(20)16-18-6-4-3-5-7-18;/h3-7,12-13,19H,8-11,14-17H2,1-2H3,(H,22,24);1H. The Morgan fingerprint density at radius 1 is 1.32 bits per heavy atom. The SMILES string of the molecule is CN=C(NCCc1nccn1Cc1ccccc1)N(C)CCOCC1CC1.I. The van der Waals surface area contributed by atoms with Gasteiger partial charge in [-0.2, -0.15) is 0 Å². The minimum absolute atomic E-state index is 0. The van der Waals surface area contributed by atoms with Gasteiger partial charge in [-0.3, -0.25) is 4.99 Å². The second-order valence-corrected chi connectivity index (χ2v) is 7.12. The average molecular weight is 497 g/mol. The Hall–Kier alpha value is -1.61. The van der Waals surface area contributed by atoms with E-state index in [0.717, 1.165) is 57.0 Å². The van der Waals surface area contributed by atoms with Crippen LogP contribution in [0, 0.1) is 5.92 Å². The number of halogens is 1. The van der Waals surface area contributed by atoms with Crippen LogP contribution in [0.4, 0.5) is 0 Å². The maximum Gasteiger partial charge on any atom is 0.193 e. The largest absolute Gasteiger partial charge is 0.379 e. The predicted octanol–water partition coefficient (Wildman–Crippen LogP) is 3.03. The minimum atomic E-state index is 0. The van der Waals surface area contributed by atoms with E-state index in [1.165, 1.54) is 18.4 Å². The highest BCUT2D eigenvalue weighted by atomic mass is 127. The first kappa shape index (κ1) is 22.7. The van der Waals surface area contributed by atoms with Gasteiger partial charge in [-0.1, -0.05) is 30.3 Å². The molecule has 0 bridgehead atoms. The van der Waals surface area contributed by atoms with Crippen molar-refractivity contribution in [3.8, 4) is 0 Å². The zero-order valence-electron chi connectivity index (χ0n) is 16.9. The molecule has 1 aromatic heterocycles. The quantitative estimate of drug-likeness (QED) is 0.237. The number of hydrogen-bond donors (Lipinski definition) is 1. The molecule has 1 fully saturated rings. The number of nitrogens with one attached hydrogen (secondary N) is 1. The molecule has 3 rings (SSSR count). The van der Waals surface area contributed by atoms with E-state index in [1.54, 1.807) is 0 Å². The fourth-order valence-corrected chi connectivity index (χ4v) is 3.01. The van der Waals surface area contributed by atoms with Crippen LogP contribution in [0.1, 0.15) is 24.2 Å². The number of aromatic nitrogens is 2. The first-order chi connectivity index (χ1) is 13.3. The number of ether oxygens (including phenoxy) is 1. The number of likely N-dealkylation sites (N-methyl/N-ethyl adjacent to an activating group) is 1. The number of rotatable bonds is 10. The van der Waals surface area contributed by atoms with Gasteiger partial charge >= 0.3 is 0 Å². The van der Waals surface area contributed by atoms with Crippen molar-refractivity contribution in [2.75, 3.05) is 40.4 Å². The molecule has 7 heteroatoms. The van der Waals surface area contributed by atoms with E-state index in [9.17, 15) is 0 Å². The van der Waals surface area contributed by atoms with Gasteiger partial charge in [-0.15, -0.1) is 24.0 Å². The Morgan fingerprint density at radius 2 is 2.11 bits per heavy atom. The number of nitrogens with zero attached hydrogens (tertiary/aromatic N) is 4. The maximum atomic E-state index is 5.72. The van der Waals surface area contributed by atoms with Crippen LogP contribution in [-0.4, -0.2) is 60.8 Å². The van der Waals surface area contributed by atoms with Gasteiger partial charge in [0.05, 0.1) is 6.61 Å². The lowest BCUT2D eigenvalue weighted by Gasteiger charge is -2.22. The topological polar surface area (TPSA) is 54.7 Å². The fourth-order valence-electron chi connectivity index (χ4n) is 3.01. The van der Waals surface area contributed by atoms with Crippen LogP contribution in [0.5, 0.6) is 0 Å². The molecular formula is C21H32IN5O. The van der Waals surface area contributed by atoms with Crippen LogP contribution in [0.2, 0.25) is 0 Å². The predicted molar refractivity (Wildman–Crippen MR) is 124 cm³/mol. The summed E-state index contributed by atoms with van der Waals surface area (Å²) in [5.41, 5.74) is 1.28. The molecule has 1 aromatic carbocycles. The number of benzene rings is 1. The van der Waals surface area contributed by atoms with Crippen LogP contribution >= 0.6 is 24.0 Å². The first-order valence-corrected chi connectivity index (χ1v) is 9.79. The van der Waals surface area contributed by atoms with E-state index in [0.29, 0.717) is 0 Å². The Kier molecular flexibility index (Phi) is 9.77. The van der Waals surface area contributed by atoms with E-state index in [2.05, 4.69) is 49.0 Å². The molecule has 0 radical (unpaired) electrons. The summed E-state index contributed by atoms with van der Waals surface area (Å²) in [6.07, 6.45) is 7.43. The molecule has 0 saturated heterocycles. The molecule has 2 aromatic rings. The highest BCUT2D eigenvalue weighted by molar-refractivity contribution is 14.0. The molecule has 1 saturated carbocycles. The molecule has 0 aliphatic heterocycles.